The SMILES string of the molecule is Cc1cc(I)ccc1NC(=O)CC(C)c1ccc(N)cc1. The minimum absolute atomic E-state index is 0.0311. The van der Waals surface area contributed by atoms with E-state index in [1.807, 2.05) is 50.2 Å². The summed E-state index contributed by atoms with van der Waals surface area (Å²) >= 11 is 2.26. The average molecular weight is 394 g/mol. The van der Waals surface area contributed by atoms with E-state index in [0.29, 0.717) is 6.42 Å². The molecule has 1 amide bonds. The molecule has 4 heteroatoms. The lowest BCUT2D eigenvalue weighted by Gasteiger charge is -2.13. The first-order valence-electron chi connectivity index (χ1n) is 6.87. The number of amides is 1. The zero-order valence-electron chi connectivity index (χ0n) is 12.2. The molecule has 0 aliphatic rings. The van der Waals surface area contributed by atoms with Gasteiger partial charge in [0.15, 0.2) is 0 Å². The molecule has 0 spiro atoms. The van der Waals surface area contributed by atoms with Crippen molar-refractivity contribution in [3.63, 3.8) is 0 Å². The monoisotopic (exact) mass is 394 g/mol. The van der Waals surface area contributed by atoms with Crippen LogP contribution in [0.1, 0.15) is 30.4 Å². The predicted molar refractivity (Wildman–Crippen MR) is 96.4 cm³/mol. The van der Waals surface area contributed by atoms with Gasteiger partial charge < -0.3 is 11.1 Å². The summed E-state index contributed by atoms with van der Waals surface area (Å²) in [6.45, 7) is 4.05. The van der Waals surface area contributed by atoms with Crippen LogP contribution in [0.5, 0.6) is 0 Å². The molecule has 0 saturated heterocycles. The summed E-state index contributed by atoms with van der Waals surface area (Å²) in [5.41, 5.74) is 9.50. The number of hydrogen-bond donors (Lipinski definition) is 2. The Balaban J connectivity index is 1.99. The van der Waals surface area contributed by atoms with Crippen LogP contribution in [0.2, 0.25) is 0 Å². The van der Waals surface area contributed by atoms with Crippen molar-refractivity contribution in [2.45, 2.75) is 26.2 Å². The van der Waals surface area contributed by atoms with Crippen LogP contribution in [0.3, 0.4) is 0 Å². The predicted octanol–water partition coefficient (Wildman–Crippen LogP) is 4.31. The molecule has 0 radical (unpaired) electrons. The summed E-state index contributed by atoms with van der Waals surface area (Å²) in [6.07, 6.45) is 0.454. The van der Waals surface area contributed by atoms with Gasteiger partial charge in [0.1, 0.15) is 0 Å². The fraction of sp³-hybridized carbons (Fsp3) is 0.235. The van der Waals surface area contributed by atoms with E-state index in [2.05, 4.69) is 34.0 Å². The van der Waals surface area contributed by atoms with Gasteiger partial charge in [-0.2, -0.15) is 0 Å². The van der Waals surface area contributed by atoms with Gasteiger partial charge in [-0.25, -0.2) is 0 Å². The van der Waals surface area contributed by atoms with Gasteiger partial charge in [-0.3, -0.25) is 4.79 Å². The molecule has 0 aliphatic carbocycles. The van der Waals surface area contributed by atoms with E-state index in [4.69, 9.17) is 5.73 Å². The molecule has 3 nitrogen and oxygen atoms in total. The summed E-state index contributed by atoms with van der Waals surface area (Å²) in [7, 11) is 0. The largest absolute Gasteiger partial charge is 0.399 e. The van der Waals surface area contributed by atoms with Crippen LogP contribution in [0.4, 0.5) is 11.4 Å². The Morgan fingerprint density at radius 3 is 2.52 bits per heavy atom. The van der Waals surface area contributed by atoms with Crippen molar-refractivity contribution in [2.75, 3.05) is 11.1 Å². The van der Waals surface area contributed by atoms with Gasteiger partial charge in [0, 0.05) is 21.4 Å². The molecule has 1 unspecified atom stereocenters. The van der Waals surface area contributed by atoms with Crippen molar-refractivity contribution in [1.29, 1.82) is 0 Å². The van der Waals surface area contributed by atoms with Crippen molar-refractivity contribution in [2.24, 2.45) is 0 Å². The van der Waals surface area contributed by atoms with Gasteiger partial charge in [0.05, 0.1) is 0 Å². The molecule has 2 aromatic carbocycles. The Hall–Kier alpha value is -1.56. The lowest BCUT2D eigenvalue weighted by atomic mass is 9.97. The van der Waals surface area contributed by atoms with Crippen molar-refractivity contribution in [3.05, 3.63) is 57.2 Å². The third kappa shape index (κ3) is 4.46. The second-order valence-electron chi connectivity index (χ2n) is 5.28. The van der Waals surface area contributed by atoms with Crippen LogP contribution in [-0.4, -0.2) is 5.91 Å². The van der Waals surface area contributed by atoms with E-state index >= 15 is 0 Å². The van der Waals surface area contributed by atoms with Crippen LogP contribution in [0, 0.1) is 10.5 Å². The zero-order chi connectivity index (χ0) is 15.4. The topological polar surface area (TPSA) is 55.1 Å². The lowest BCUT2D eigenvalue weighted by molar-refractivity contribution is -0.116. The zero-order valence-corrected chi connectivity index (χ0v) is 14.3. The van der Waals surface area contributed by atoms with Crippen molar-refractivity contribution in [1.82, 2.24) is 0 Å². The summed E-state index contributed by atoms with van der Waals surface area (Å²) in [6, 6.07) is 13.7. The number of aryl methyl sites for hydroxylation is 1. The molecule has 3 N–H and O–H groups in total. The first-order valence-corrected chi connectivity index (χ1v) is 7.95. The van der Waals surface area contributed by atoms with Crippen molar-refractivity contribution < 1.29 is 4.79 Å². The van der Waals surface area contributed by atoms with Crippen LogP contribution in [-0.2, 0) is 4.79 Å². The van der Waals surface area contributed by atoms with Gasteiger partial charge in [-0.15, -0.1) is 0 Å². The van der Waals surface area contributed by atoms with E-state index in [1.54, 1.807) is 0 Å². The highest BCUT2D eigenvalue weighted by molar-refractivity contribution is 14.1. The minimum atomic E-state index is 0.0311. The van der Waals surface area contributed by atoms with Gasteiger partial charge in [0.2, 0.25) is 5.91 Å². The molecule has 2 rings (SSSR count). The van der Waals surface area contributed by atoms with Crippen LogP contribution >= 0.6 is 22.6 Å². The standard InChI is InChI=1S/C17H19IN2O/c1-11(13-3-6-15(19)7-4-13)10-17(21)20-16-8-5-14(18)9-12(16)2/h3-9,11H,10,19H2,1-2H3,(H,20,21). The number of carbonyl (C=O) groups excluding carboxylic acids is 1. The highest BCUT2D eigenvalue weighted by atomic mass is 127. The van der Waals surface area contributed by atoms with Gasteiger partial charge in [-0.1, -0.05) is 19.1 Å². The van der Waals surface area contributed by atoms with Gasteiger partial charge in [-0.05, 0) is 76.9 Å². The van der Waals surface area contributed by atoms with E-state index in [-0.39, 0.29) is 11.8 Å². The van der Waals surface area contributed by atoms with E-state index in [0.717, 1.165) is 22.5 Å². The Kier molecular flexibility index (Phi) is 5.22. The minimum Gasteiger partial charge on any atom is -0.399 e. The Labute approximate surface area is 139 Å². The normalized spacial score (nSPS) is 12.0. The first-order chi connectivity index (χ1) is 9.95. The molecule has 0 heterocycles. The van der Waals surface area contributed by atoms with E-state index < -0.39 is 0 Å². The Morgan fingerprint density at radius 2 is 1.90 bits per heavy atom. The third-order valence-corrected chi connectivity index (χ3v) is 4.13. The van der Waals surface area contributed by atoms with Gasteiger partial charge in [0.25, 0.3) is 0 Å². The second-order valence-corrected chi connectivity index (χ2v) is 6.52. The fourth-order valence-electron chi connectivity index (χ4n) is 2.19. The molecule has 1 atom stereocenters. The Bertz CT molecular complexity index is 638. The van der Waals surface area contributed by atoms with Crippen LogP contribution in [0.25, 0.3) is 0 Å². The maximum Gasteiger partial charge on any atom is 0.224 e. The number of nitrogens with two attached hydrogens (primary N) is 1. The molecule has 0 aliphatic heterocycles. The number of nitrogen functional groups attached to an aromatic ring is 1. The van der Waals surface area contributed by atoms with E-state index in [9.17, 15) is 4.79 Å². The highest BCUT2D eigenvalue weighted by Crippen LogP contribution is 2.22. The maximum atomic E-state index is 12.2. The summed E-state index contributed by atoms with van der Waals surface area (Å²) < 4.78 is 1.17. The van der Waals surface area contributed by atoms with Crippen LogP contribution < -0.4 is 11.1 Å². The summed E-state index contributed by atoms with van der Waals surface area (Å²) in [4.78, 5) is 12.2. The van der Waals surface area contributed by atoms with Crippen LogP contribution in [0.15, 0.2) is 42.5 Å². The third-order valence-electron chi connectivity index (χ3n) is 3.46. The fourth-order valence-corrected chi connectivity index (χ4v) is 2.84. The molecule has 21 heavy (non-hydrogen) atoms. The number of nitrogens with one attached hydrogen (secondary N) is 1. The maximum absolute atomic E-state index is 12.2. The molecule has 0 fully saturated rings. The van der Waals surface area contributed by atoms with E-state index in [1.165, 1.54) is 3.57 Å². The Morgan fingerprint density at radius 1 is 1.24 bits per heavy atom. The molecular formula is C17H19IN2O. The molecule has 0 bridgehead atoms. The lowest BCUT2D eigenvalue weighted by Crippen LogP contribution is -2.15. The molecule has 0 saturated carbocycles. The smallest absolute Gasteiger partial charge is 0.224 e. The van der Waals surface area contributed by atoms with Crippen molar-refractivity contribution >= 4 is 39.9 Å². The number of benzene rings is 2. The number of anilines is 2. The van der Waals surface area contributed by atoms with Gasteiger partial charge >= 0.3 is 0 Å². The molecule has 110 valence electrons. The first kappa shape index (κ1) is 15.8. The molecular weight excluding hydrogens is 375 g/mol. The number of carbonyl (C=O) groups is 1. The number of hydrogen-bond acceptors (Lipinski definition) is 2. The number of rotatable bonds is 4. The second kappa shape index (κ2) is 6.93. The summed E-state index contributed by atoms with van der Waals surface area (Å²) in [5.74, 6) is 0.193. The molecule has 0 aromatic heterocycles. The number of halogens is 1. The van der Waals surface area contributed by atoms with Crippen molar-refractivity contribution in [3.8, 4) is 0 Å². The average Bonchev–Trinajstić information content (AvgIpc) is 2.42. The molecule has 2 aromatic rings. The quantitative estimate of drug-likeness (QED) is 0.600. The highest BCUT2D eigenvalue weighted by Gasteiger charge is 2.12. The summed E-state index contributed by atoms with van der Waals surface area (Å²) in [5, 5.41) is 2.98.